The Morgan fingerprint density at radius 2 is 1.84 bits per heavy atom. The lowest BCUT2D eigenvalue weighted by molar-refractivity contribution is -0.138. The van der Waals surface area contributed by atoms with Crippen LogP contribution in [-0.2, 0) is 6.18 Å². The van der Waals surface area contributed by atoms with Crippen molar-refractivity contribution in [2.24, 2.45) is 5.41 Å². The van der Waals surface area contributed by atoms with Crippen molar-refractivity contribution >= 4 is 29.2 Å². The first-order valence-electron chi connectivity index (χ1n) is 10.4. The smallest absolute Gasteiger partial charge is 0.356 e. The predicted molar refractivity (Wildman–Crippen MR) is 118 cm³/mol. The van der Waals surface area contributed by atoms with Gasteiger partial charge in [-0.05, 0) is 75.0 Å². The minimum Gasteiger partial charge on any atom is -0.356 e. The van der Waals surface area contributed by atoms with Crippen molar-refractivity contribution in [2.45, 2.75) is 50.6 Å². The molecule has 2 aliphatic rings. The molecule has 1 aromatic heterocycles. The number of hydrogen-bond acceptors (Lipinski definition) is 4. The van der Waals surface area contributed by atoms with Gasteiger partial charge < -0.3 is 10.2 Å². The first kappa shape index (κ1) is 22.0. The fourth-order valence-corrected chi connectivity index (χ4v) is 4.98. The number of aromatic nitrogens is 1. The molecule has 4 nitrogen and oxygen atoms in total. The maximum Gasteiger partial charge on any atom is 0.418 e. The maximum absolute atomic E-state index is 13.8. The molecule has 0 bridgehead atoms. The SMILES string of the molecule is CSc1cccc(NC(=O)c2c(N3CCC4(CC3)CC4)nc(C)c(C(F)(F)F)c2C)c1. The monoisotopic (exact) mass is 449 g/mol. The van der Waals surface area contributed by atoms with Gasteiger partial charge in [-0.3, -0.25) is 4.79 Å². The number of rotatable bonds is 4. The molecule has 2 aromatic rings. The van der Waals surface area contributed by atoms with Crippen LogP contribution >= 0.6 is 11.8 Å². The number of halogens is 3. The summed E-state index contributed by atoms with van der Waals surface area (Å²) < 4.78 is 41.3. The quantitative estimate of drug-likeness (QED) is 0.576. The predicted octanol–water partition coefficient (Wildman–Crippen LogP) is 6.07. The molecular formula is C23H26F3N3OS. The van der Waals surface area contributed by atoms with Gasteiger partial charge in [0.15, 0.2) is 0 Å². The average molecular weight is 450 g/mol. The van der Waals surface area contributed by atoms with Crippen LogP contribution in [0.2, 0.25) is 0 Å². The fourth-order valence-electron chi connectivity index (χ4n) is 4.52. The Morgan fingerprint density at radius 3 is 2.42 bits per heavy atom. The van der Waals surface area contributed by atoms with Crippen molar-refractivity contribution in [2.75, 3.05) is 29.6 Å². The van der Waals surface area contributed by atoms with Crippen molar-refractivity contribution in [3.05, 3.63) is 46.6 Å². The van der Waals surface area contributed by atoms with E-state index in [0.717, 1.165) is 17.7 Å². The lowest BCUT2D eigenvalue weighted by Gasteiger charge is -2.35. The minimum absolute atomic E-state index is 0.0132. The van der Waals surface area contributed by atoms with E-state index < -0.39 is 17.6 Å². The largest absolute Gasteiger partial charge is 0.418 e. The number of nitrogens with zero attached hydrogens (tertiary/aromatic N) is 2. The summed E-state index contributed by atoms with van der Waals surface area (Å²) in [5, 5.41) is 2.79. The second-order valence-corrected chi connectivity index (χ2v) is 9.45. The summed E-state index contributed by atoms with van der Waals surface area (Å²) in [4.78, 5) is 20.5. The number of thioether (sulfide) groups is 1. The molecule has 1 spiro atoms. The van der Waals surface area contributed by atoms with Gasteiger partial charge in [-0.1, -0.05) is 6.07 Å². The Labute approximate surface area is 184 Å². The van der Waals surface area contributed by atoms with E-state index >= 15 is 0 Å². The highest BCUT2D eigenvalue weighted by molar-refractivity contribution is 7.98. The van der Waals surface area contributed by atoms with Crippen LogP contribution in [0, 0.1) is 19.3 Å². The maximum atomic E-state index is 13.8. The van der Waals surface area contributed by atoms with Crippen LogP contribution in [-0.4, -0.2) is 30.2 Å². The van der Waals surface area contributed by atoms with Gasteiger partial charge in [0.2, 0.25) is 0 Å². The zero-order chi connectivity index (χ0) is 22.4. The molecule has 31 heavy (non-hydrogen) atoms. The molecule has 1 aromatic carbocycles. The molecule has 0 radical (unpaired) electrons. The first-order valence-corrected chi connectivity index (χ1v) is 11.6. The van der Waals surface area contributed by atoms with Gasteiger partial charge in [-0.25, -0.2) is 4.98 Å². The van der Waals surface area contributed by atoms with Crippen molar-refractivity contribution in [1.29, 1.82) is 0 Å². The Bertz CT molecular complexity index is 1010. The Kier molecular flexibility index (Phi) is 5.70. The molecule has 4 rings (SSSR count). The third-order valence-electron chi connectivity index (χ3n) is 6.53. The normalized spacial score (nSPS) is 17.7. The molecule has 1 amide bonds. The minimum atomic E-state index is -4.58. The molecular weight excluding hydrogens is 423 g/mol. The van der Waals surface area contributed by atoms with Crippen LogP contribution in [0.1, 0.15) is 52.9 Å². The summed E-state index contributed by atoms with van der Waals surface area (Å²) in [6.45, 7) is 4.16. The summed E-state index contributed by atoms with van der Waals surface area (Å²) in [7, 11) is 0. The Morgan fingerprint density at radius 1 is 1.16 bits per heavy atom. The first-order chi connectivity index (χ1) is 14.6. The second-order valence-electron chi connectivity index (χ2n) is 8.57. The van der Waals surface area contributed by atoms with Crippen LogP contribution in [0.3, 0.4) is 0 Å². The van der Waals surface area contributed by atoms with Gasteiger partial charge in [0, 0.05) is 23.7 Å². The van der Waals surface area contributed by atoms with Gasteiger partial charge in [0.1, 0.15) is 5.82 Å². The van der Waals surface area contributed by atoms with Crippen LogP contribution in [0.25, 0.3) is 0 Å². The second kappa shape index (κ2) is 8.04. The number of amides is 1. The van der Waals surface area contributed by atoms with E-state index in [1.807, 2.05) is 29.4 Å². The number of hydrogen-bond donors (Lipinski definition) is 1. The van der Waals surface area contributed by atoms with Crippen LogP contribution in [0.4, 0.5) is 24.7 Å². The number of carbonyl (C=O) groups is 1. The molecule has 1 aliphatic carbocycles. The van der Waals surface area contributed by atoms with E-state index in [4.69, 9.17) is 0 Å². The van der Waals surface area contributed by atoms with Crippen LogP contribution in [0.5, 0.6) is 0 Å². The molecule has 1 saturated carbocycles. The highest BCUT2D eigenvalue weighted by Crippen LogP contribution is 2.54. The van der Waals surface area contributed by atoms with Gasteiger partial charge in [0.05, 0.1) is 16.8 Å². The van der Waals surface area contributed by atoms with E-state index in [9.17, 15) is 18.0 Å². The highest BCUT2D eigenvalue weighted by Gasteiger charge is 2.45. The average Bonchev–Trinajstić information content (AvgIpc) is 3.46. The van der Waals surface area contributed by atoms with Crippen molar-refractivity contribution < 1.29 is 18.0 Å². The van der Waals surface area contributed by atoms with Gasteiger partial charge in [-0.15, -0.1) is 11.8 Å². The fraction of sp³-hybridized carbons (Fsp3) is 0.478. The van der Waals surface area contributed by atoms with E-state index in [-0.39, 0.29) is 16.8 Å². The van der Waals surface area contributed by atoms with Crippen molar-refractivity contribution in [3.63, 3.8) is 0 Å². The summed E-state index contributed by atoms with van der Waals surface area (Å²) in [6, 6.07) is 7.26. The highest BCUT2D eigenvalue weighted by atomic mass is 32.2. The van der Waals surface area contributed by atoms with E-state index in [1.54, 1.807) is 6.07 Å². The molecule has 166 valence electrons. The zero-order valence-electron chi connectivity index (χ0n) is 17.9. The molecule has 1 aliphatic heterocycles. The van der Waals surface area contributed by atoms with Gasteiger partial charge >= 0.3 is 6.18 Å². The van der Waals surface area contributed by atoms with E-state index in [1.165, 1.54) is 38.5 Å². The van der Waals surface area contributed by atoms with Gasteiger partial charge in [0.25, 0.3) is 5.91 Å². The molecule has 2 heterocycles. The summed E-state index contributed by atoms with van der Waals surface area (Å²) >= 11 is 1.53. The van der Waals surface area contributed by atoms with Crippen molar-refractivity contribution in [1.82, 2.24) is 4.98 Å². The van der Waals surface area contributed by atoms with E-state index in [2.05, 4.69) is 10.3 Å². The molecule has 1 N–H and O–H groups in total. The number of benzene rings is 1. The van der Waals surface area contributed by atoms with Gasteiger partial charge in [-0.2, -0.15) is 13.2 Å². The zero-order valence-corrected chi connectivity index (χ0v) is 18.7. The third-order valence-corrected chi connectivity index (χ3v) is 7.25. The summed E-state index contributed by atoms with van der Waals surface area (Å²) in [5.41, 5.74) is -0.0124. The standard InChI is InChI=1S/C23H26F3N3OS/c1-14-18(21(30)28-16-5-4-6-17(13-16)31-3)20(27-15(2)19(14)23(24,25)26)29-11-9-22(7-8-22)10-12-29/h4-6,13H,7-12H2,1-3H3,(H,28,30). The lowest BCUT2D eigenvalue weighted by Crippen LogP contribution is -2.37. The molecule has 0 atom stereocenters. The number of nitrogens with one attached hydrogen (secondary N) is 1. The summed E-state index contributed by atoms with van der Waals surface area (Å²) in [6.07, 6.45) is 1.77. The number of carbonyl (C=O) groups excluding carboxylic acids is 1. The Hall–Kier alpha value is -2.22. The van der Waals surface area contributed by atoms with Crippen molar-refractivity contribution in [3.8, 4) is 0 Å². The number of pyridine rings is 1. The molecule has 0 unspecified atom stereocenters. The van der Waals surface area contributed by atoms with Crippen LogP contribution in [0.15, 0.2) is 29.2 Å². The number of piperidine rings is 1. The van der Waals surface area contributed by atoms with E-state index in [0.29, 0.717) is 30.0 Å². The lowest BCUT2D eigenvalue weighted by atomic mass is 9.92. The Balaban J connectivity index is 1.74. The number of alkyl halides is 3. The topological polar surface area (TPSA) is 45.2 Å². The molecule has 2 fully saturated rings. The number of aryl methyl sites for hydroxylation is 1. The third kappa shape index (κ3) is 4.40. The molecule has 1 saturated heterocycles. The van der Waals surface area contributed by atoms with Crippen LogP contribution < -0.4 is 10.2 Å². The summed E-state index contributed by atoms with van der Waals surface area (Å²) in [5.74, 6) is -0.201. The number of anilines is 2. The molecule has 8 heteroatoms.